The van der Waals surface area contributed by atoms with E-state index in [1.807, 2.05) is 29.8 Å². The second-order valence-corrected chi connectivity index (χ2v) is 13.6. The van der Waals surface area contributed by atoms with Gasteiger partial charge in [-0.15, -0.1) is 11.3 Å². The number of aromatic nitrogens is 2. The molecule has 2 aliphatic rings. The van der Waals surface area contributed by atoms with Crippen LogP contribution in [0.2, 0.25) is 0 Å². The van der Waals surface area contributed by atoms with Crippen LogP contribution < -0.4 is 15.4 Å². The average molecular weight is 579 g/mol. The molecule has 1 spiro atoms. The molecule has 3 heterocycles. The molecule has 0 bridgehead atoms. The first-order chi connectivity index (χ1) is 19.6. The van der Waals surface area contributed by atoms with Crippen molar-refractivity contribution in [3.8, 4) is 16.5 Å². The van der Waals surface area contributed by atoms with Gasteiger partial charge in [0, 0.05) is 55.0 Å². The van der Waals surface area contributed by atoms with Gasteiger partial charge in [0.25, 0.3) is 0 Å². The van der Waals surface area contributed by atoms with Crippen molar-refractivity contribution in [2.45, 2.75) is 83.1 Å². The molecule has 1 aromatic carbocycles. The lowest BCUT2D eigenvalue weighted by Gasteiger charge is -2.47. The van der Waals surface area contributed by atoms with Crippen LogP contribution in [0, 0.1) is 5.41 Å². The fourth-order valence-electron chi connectivity index (χ4n) is 5.87. The monoisotopic (exact) mass is 578 g/mol. The summed E-state index contributed by atoms with van der Waals surface area (Å²) in [5.74, 6) is 0.443. The van der Waals surface area contributed by atoms with Crippen LogP contribution in [0.15, 0.2) is 48.1 Å². The number of carbonyl (C=O) groups is 1. The number of thiazole rings is 1. The summed E-state index contributed by atoms with van der Waals surface area (Å²) in [6.07, 6.45) is 8.32. The van der Waals surface area contributed by atoms with Gasteiger partial charge in [0.2, 0.25) is 11.8 Å². The lowest BCUT2D eigenvalue weighted by Crippen LogP contribution is -2.52. The number of amides is 1. The summed E-state index contributed by atoms with van der Waals surface area (Å²) in [4.78, 5) is 21.7. The van der Waals surface area contributed by atoms with Crippen LogP contribution in [0.1, 0.15) is 69.2 Å². The highest BCUT2D eigenvalue weighted by molar-refractivity contribution is 7.13. The molecule has 9 heteroatoms. The minimum absolute atomic E-state index is 0.00433. The SMILES string of the molecule is COCC(=O)N[C@@H](Cc1cccc(-c2nccs2)c1)[C@@H](O)CN[C@H]1CC2(CCC2)Oc2ncc(CC(C)(C)C)cc21. The zero-order chi connectivity index (χ0) is 29.0. The van der Waals surface area contributed by atoms with Gasteiger partial charge in [-0.3, -0.25) is 4.79 Å². The van der Waals surface area contributed by atoms with Crippen molar-refractivity contribution in [2.24, 2.45) is 5.41 Å². The number of rotatable bonds is 11. The largest absolute Gasteiger partial charge is 0.471 e. The molecular formula is C32H42N4O4S. The molecule has 1 saturated carbocycles. The molecule has 1 aliphatic heterocycles. The first-order valence-electron chi connectivity index (χ1n) is 14.5. The first kappa shape index (κ1) is 29.6. The van der Waals surface area contributed by atoms with E-state index in [1.54, 1.807) is 17.5 Å². The van der Waals surface area contributed by atoms with E-state index in [2.05, 4.69) is 48.5 Å². The Hall–Kier alpha value is -2.85. The van der Waals surface area contributed by atoms with Crippen molar-refractivity contribution in [1.82, 2.24) is 20.6 Å². The van der Waals surface area contributed by atoms with E-state index in [4.69, 9.17) is 14.5 Å². The van der Waals surface area contributed by atoms with Gasteiger partial charge < -0.3 is 25.2 Å². The Labute approximate surface area is 246 Å². The van der Waals surface area contributed by atoms with E-state index in [0.29, 0.717) is 18.8 Å². The number of ether oxygens (including phenoxy) is 2. The molecule has 220 valence electrons. The van der Waals surface area contributed by atoms with Crippen LogP contribution in [0.25, 0.3) is 10.6 Å². The number of hydrogen-bond acceptors (Lipinski definition) is 8. The summed E-state index contributed by atoms with van der Waals surface area (Å²) in [6, 6.07) is 9.83. The second kappa shape index (κ2) is 12.6. The van der Waals surface area contributed by atoms with Crippen LogP contribution in [0.4, 0.5) is 0 Å². The normalized spacial score (nSPS) is 19.1. The standard InChI is InChI=1S/C32H42N4O4S/c1-31(2,3)16-22-14-24-26(17-32(9-6-10-32)40-29(24)35-18-22)34-19-27(37)25(36-28(38)20-39-4)15-21-7-5-8-23(13-21)30-33-11-12-41-30/h5,7-8,11-14,18,25-27,34,37H,6,9-10,15-17,19-20H2,1-4H3,(H,36,38)/t25-,26-,27-/m0/s1. The van der Waals surface area contributed by atoms with Crippen molar-refractivity contribution in [2.75, 3.05) is 20.3 Å². The molecule has 3 atom stereocenters. The number of nitrogens with zero attached hydrogens (tertiary/aromatic N) is 2. The maximum absolute atomic E-state index is 12.6. The smallest absolute Gasteiger partial charge is 0.246 e. The summed E-state index contributed by atoms with van der Waals surface area (Å²) in [5.41, 5.74) is 4.23. The van der Waals surface area contributed by atoms with Crippen LogP contribution in [0.5, 0.6) is 5.88 Å². The summed E-state index contributed by atoms with van der Waals surface area (Å²) >= 11 is 1.58. The Kier molecular flexibility index (Phi) is 9.09. The minimum Gasteiger partial charge on any atom is -0.471 e. The molecule has 0 saturated heterocycles. The van der Waals surface area contributed by atoms with Gasteiger partial charge in [0.05, 0.1) is 12.1 Å². The predicted molar refractivity (Wildman–Crippen MR) is 161 cm³/mol. The quantitative estimate of drug-likeness (QED) is 0.298. The number of aliphatic hydroxyl groups excluding tert-OH is 1. The van der Waals surface area contributed by atoms with Gasteiger partial charge in [-0.05, 0) is 60.8 Å². The molecule has 2 aromatic heterocycles. The van der Waals surface area contributed by atoms with Crippen LogP contribution in [0.3, 0.4) is 0 Å². The average Bonchev–Trinajstić information content (AvgIpc) is 3.45. The van der Waals surface area contributed by atoms with Crippen molar-refractivity contribution in [3.63, 3.8) is 0 Å². The number of pyridine rings is 1. The Bertz CT molecular complexity index is 1320. The topological polar surface area (TPSA) is 106 Å². The number of nitrogens with one attached hydrogen (secondary N) is 2. The molecular weight excluding hydrogens is 536 g/mol. The van der Waals surface area contributed by atoms with Crippen LogP contribution >= 0.6 is 11.3 Å². The predicted octanol–water partition coefficient (Wildman–Crippen LogP) is 4.86. The lowest BCUT2D eigenvalue weighted by atomic mass is 9.73. The third kappa shape index (κ3) is 7.52. The molecule has 0 unspecified atom stereocenters. The fraction of sp³-hybridized carbons (Fsp3) is 0.531. The summed E-state index contributed by atoms with van der Waals surface area (Å²) < 4.78 is 11.5. The summed E-state index contributed by atoms with van der Waals surface area (Å²) in [7, 11) is 1.49. The highest BCUT2D eigenvalue weighted by atomic mass is 32.1. The van der Waals surface area contributed by atoms with Crippen molar-refractivity contribution in [1.29, 1.82) is 0 Å². The number of carbonyl (C=O) groups excluding carboxylic acids is 1. The van der Waals surface area contributed by atoms with Gasteiger partial charge in [-0.1, -0.05) is 39.0 Å². The highest BCUT2D eigenvalue weighted by Crippen LogP contribution is 2.48. The molecule has 5 rings (SSSR count). The Balaban J connectivity index is 1.33. The third-order valence-corrected chi connectivity index (χ3v) is 8.74. The summed E-state index contributed by atoms with van der Waals surface area (Å²) in [6.45, 7) is 6.93. The van der Waals surface area contributed by atoms with E-state index in [0.717, 1.165) is 53.8 Å². The molecule has 41 heavy (non-hydrogen) atoms. The zero-order valence-electron chi connectivity index (χ0n) is 24.5. The number of benzene rings is 1. The van der Waals surface area contributed by atoms with Gasteiger partial charge in [0.1, 0.15) is 17.2 Å². The lowest BCUT2D eigenvalue weighted by molar-refractivity contribution is -0.126. The van der Waals surface area contributed by atoms with Gasteiger partial charge >= 0.3 is 0 Å². The van der Waals surface area contributed by atoms with E-state index in [1.165, 1.54) is 12.7 Å². The molecule has 1 amide bonds. The molecule has 8 nitrogen and oxygen atoms in total. The van der Waals surface area contributed by atoms with Gasteiger partial charge in [0.15, 0.2) is 0 Å². The highest BCUT2D eigenvalue weighted by Gasteiger charge is 2.46. The maximum Gasteiger partial charge on any atom is 0.246 e. The molecule has 3 N–H and O–H groups in total. The maximum atomic E-state index is 12.6. The molecule has 0 radical (unpaired) electrons. The Morgan fingerprint density at radius 2 is 2.07 bits per heavy atom. The minimum atomic E-state index is -0.825. The number of methoxy groups -OCH3 is 1. The Morgan fingerprint density at radius 1 is 1.24 bits per heavy atom. The van der Waals surface area contributed by atoms with Crippen molar-refractivity contribution >= 4 is 17.2 Å². The second-order valence-electron chi connectivity index (χ2n) is 12.7. The fourth-order valence-corrected chi connectivity index (χ4v) is 6.50. The molecule has 1 fully saturated rings. The number of fused-ring (bicyclic) bond motifs is 1. The molecule has 1 aliphatic carbocycles. The first-order valence-corrected chi connectivity index (χ1v) is 15.4. The van der Waals surface area contributed by atoms with Crippen LogP contribution in [-0.2, 0) is 22.4 Å². The number of aliphatic hydroxyl groups is 1. The van der Waals surface area contributed by atoms with Crippen molar-refractivity contribution in [3.05, 3.63) is 64.8 Å². The van der Waals surface area contributed by atoms with E-state index < -0.39 is 12.1 Å². The van der Waals surface area contributed by atoms with E-state index in [-0.39, 0.29) is 29.6 Å². The van der Waals surface area contributed by atoms with Crippen molar-refractivity contribution < 1.29 is 19.4 Å². The Morgan fingerprint density at radius 3 is 2.76 bits per heavy atom. The van der Waals surface area contributed by atoms with E-state index in [9.17, 15) is 9.90 Å². The number of hydrogen-bond donors (Lipinski definition) is 3. The third-order valence-electron chi connectivity index (χ3n) is 7.92. The zero-order valence-corrected chi connectivity index (χ0v) is 25.3. The van der Waals surface area contributed by atoms with Crippen LogP contribution in [-0.4, -0.2) is 59.0 Å². The van der Waals surface area contributed by atoms with Gasteiger partial charge in [-0.25, -0.2) is 9.97 Å². The molecule has 3 aromatic rings. The van der Waals surface area contributed by atoms with E-state index >= 15 is 0 Å². The van der Waals surface area contributed by atoms with Gasteiger partial charge in [-0.2, -0.15) is 0 Å². The summed E-state index contributed by atoms with van der Waals surface area (Å²) in [5, 5.41) is 21.0.